The van der Waals surface area contributed by atoms with Gasteiger partial charge in [0.1, 0.15) is 5.52 Å². The highest BCUT2D eigenvalue weighted by molar-refractivity contribution is 5.76. The zero-order chi connectivity index (χ0) is 15.6. The number of amides is 2. The van der Waals surface area contributed by atoms with E-state index in [0.29, 0.717) is 5.92 Å². The van der Waals surface area contributed by atoms with Crippen LogP contribution in [-0.4, -0.2) is 60.1 Å². The number of benzene rings is 1. The molecule has 0 aliphatic carbocycles. The summed E-state index contributed by atoms with van der Waals surface area (Å²) in [5, 5.41) is 2.85. The zero-order valence-electron chi connectivity index (χ0n) is 13.2. The fourth-order valence-electron chi connectivity index (χ4n) is 3.51. The molecule has 1 unspecified atom stereocenters. The molecule has 1 aromatic heterocycles. The van der Waals surface area contributed by atoms with Crippen LogP contribution >= 0.6 is 0 Å². The average Bonchev–Trinajstić information content (AvgIpc) is 3.19. The van der Waals surface area contributed by atoms with Crippen LogP contribution in [0, 0.1) is 0 Å². The van der Waals surface area contributed by atoms with Crippen LogP contribution in [-0.2, 0) is 0 Å². The number of carbonyl (C=O) groups excluding carboxylic acids is 1. The predicted molar refractivity (Wildman–Crippen MR) is 87.4 cm³/mol. The van der Waals surface area contributed by atoms with Crippen LogP contribution in [0.15, 0.2) is 28.7 Å². The van der Waals surface area contributed by atoms with Crippen molar-refractivity contribution in [2.24, 2.45) is 0 Å². The minimum atomic E-state index is 0.0671. The molecule has 2 aliphatic rings. The van der Waals surface area contributed by atoms with Crippen LogP contribution in [0.2, 0.25) is 0 Å². The molecule has 6 nitrogen and oxygen atoms in total. The number of oxazole rings is 1. The van der Waals surface area contributed by atoms with Gasteiger partial charge < -0.3 is 19.5 Å². The minimum Gasteiger partial charge on any atom is -0.440 e. The number of hydrogen-bond acceptors (Lipinski definition) is 4. The Labute approximate surface area is 135 Å². The summed E-state index contributed by atoms with van der Waals surface area (Å²) >= 11 is 0. The Balaban J connectivity index is 1.39. The van der Waals surface area contributed by atoms with Gasteiger partial charge in [0, 0.05) is 38.6 Å². The van der Waals surface area contributed by atoms with Crippen LogP contribution in [0.3, 0.4) is 0 Å². The maximum atomic E-state index is 11.6. The number of aromatic nitrogens is 1. The van der Waals surface area contributed by atoms with E-state index in [9.17, 15) is 4.79 Å². The summed E-state index contributed by atoms with van der Waals surface area (Å²) in [7, 11) is 0. The van der Waals surface area contributed by atoms with E-state index in [1.807, 2.05) is 29.2 Å². The van der Waals surface area contributed by atoms with E-state index < -0.39 is 0 Å². The van der Waals surface area contributed by atoms with E-state index in [1.165, 1.54) is 0 Å². The Morgan fingerprint density at radius 3 is 3.00 bits per heavy atom. The Kier molecular flexibility index (Phi) is 3.91. The van der Waals surface area contributed by atoms with Gasteiger partial charge in [0.05, 0.1) is 0 Å². The molecule has 2 amide bonds. The molecular weight excluding hydrogens is 292 g/mol. The fraction of sp³-hybridized carbons (Fsp3) is 0.529. The average molecular weight is 314 g/mol. The molecule has 0 bridgehead atoms. The van der Waals surface area contributed by atoms with Crippen LogP contribution < -0.4 is 5.32 Å². The molecule has 122 valence electrons. The number of carbonyl (C=O) groups is 1. The lowest BCUT2D eigenvalue weighted by Gasteiger charge is -2.32. The van der Waals surface area contributed by atoms with Crippen molar-refractivity contribution < 1.29 is 9.21 Å². The first kappa shape index (κ1) is 14.5. The smallest absolute Gasteiger partial charge is 0.317 e. The van der Waals surface area contributed by atoms with Crippen molar-refractivity contribution in [1.82, 2.24) is 20.1 Å². The molecule has 2 saturated heterocycles. The zero-order valence-corrected chi connectivity index (χ0v) is 13.2. The van der Waals surface area contributed by atoms with E-state index in [4.69, 9.17) is 4.42 Å². The first-order chi connectivity index (χ1) is 11.3. The SMILES string of the molecule is O=C1NCCN1CCN1CCCC(c2nc3ccccc3o2)C1. The van der Waals surface area contributed by atoms with E-state index in [0.717, 1.165) is 69.1 Å². The van der Waals surface area contributed by atoms with E-state index in [2.05, 4.69) is 15.2 Å². The number of para-hydroxylation sites is 2. The van der Waals surface area contributed by atoms with Crippen molar-refractivity contribution in [3.05, 3.63) is 30.2 Å². The number of hydrogen-bond donors (Lipinski definition) is 1. The van der Waals surface area contributed by atoms with E-state index >= 15 is 0 Å². The standard InChI is InChI=1S/C17H22N4O2/c22-17-18-7-9-21(17)11-10-20-8-3-4-13(12-20)16-19-14-5-1-2-6-15(14)23-16/h1-2,5-6,13H,3-4,7-12H2,(H,18,22). The number of fused-ring (bicyclic) bond motifs is 1. The summed E-state index contributed by atoms with van der Waals surface area (Å²) in [6.07, 6.45) is 2.27. The molecule has 4 rings (SSSR count). The Bertz CT molecular complexity index is 666. The topological polar surface area (TPSA) is 61.6 Å². The molecule has 0 spiro atoms. The molecule has 23 heavy (non-hydrogen) atoms. The van der Waals surface area contributed by atoms with Crippen molar-refractivity contribution in [2.75, 3.05) is 39.3 Å². The molecule has 3 heterocycles. The van der Waals surface area contributed by atoms with Gasteiger partial charge in [0.25, 0.3) is 0 Å². The molecule has 1 aromatic carbocycles. The molecule has 6 heteroatoms. The lowest BCUT2D eigenvalue weighted by molar-refractivity contribution is 0.171. The van der Waals surface area contributed by atoms with Crippen molar-refractivity contribution in [3.8, 4) is 0 Å². The normalized spacial score (nSPS) is 22.7. The highest BCUT2D eigenvalue weighted by atomic mass is 16.3. The van der Waals surface area contributed by atoms with Gasteiger partial charge in [0.15, 0.2) is 11.5 Å². The second kappa shape index (κ2) is 6.20. The molecule has 2 aliphatic heterocycles. The quantitative estimate of drug-likeness (QED) is 0.938. The van der Waals surface area contributed by atoms with Gasteiger partial charge in [-0.3, -0.25) is 0 Å². The number of urea groups is 1. The number of likely N-dealkylation sites (tertiary alicyclic amines) is 1. The van der Waals surface area contributed by atoms with Crippen molar-refractivity contribution in [1.29, 1.82) is 0 Å². The van der Waals surface area contributed by atoms with Gasteiger partial charge in [-0.2, -0.15) is 0 Å². The second-order valence-electron chi connectivity index (χ2n) is 6.38. The van der Waals surface area contributed by atoms with Gasteiger partial charge >= 0.3 is 6.03 Å². The highest BCUT2D eigenvalue weighted by Crippen LogP contribution is 2.28. The van der Waals surface area contributed by atoms with Crippen LogP contribution in [0.1, 0.15) is 24.7 Å². The molecule has 1 atom stereocenters. The monoisotopic (exact) mass is 314 g/mol. The first-order valence-corrected chi connectivity index (χ1v) is 8.40. The summed E-state index contributed by atoms with van der Waals surface area (Å²) in [6.45, 7) is 5.36. The summed E-state index contributed by atoms with van der Waals surface area (Å²) in [4.78, 5) is 20.6. The van der Waals surface area contributed by atoms with Crippen LogP contribution in [0.5, 0.6) is 0 Å². The Hall–Kier alpha value is -2.08. The van der Waals surface area contributed by atoms with Crippen molar-refractivity contribution in [3.63, 3.8) is 0 Å². The molecule has 0 radical (unpaired) electrons. The number of nitrogens with one attached hydrogen (secondary N) is 1. The third kappa shape index (κ3) is 3.03. The second-order valence-corrected chi connectivity index (χ2v) is 6.38. The molecule has 0 saturated carbocycles. The van der Waals surface area contributed by atoms with Gasteiger partial charge in [0.2, 0.25) is 0 Å². The molecule has 1 N–H and O–H groups in total. The maximum Gasteiger partial charge on any atom is 0.317 e. The van der Waals surface area contributed by atoms with Crippen molar-refractivity contribution >= 4 is 17.1 Å². The van der Waals surface area contributed by atoms with Gasteiger partial charge in [-0.05, 0) is 31.5 Å². The fourth-order valence-corrected chi connectivity index (χ4v) is 3.51. The van der Waals surface area contributed by atoms with Crippen molar-refractivity contribution in [2.45, 2.75) is 18.8 Å². The molecular formula is C17H22N4O2. The van der Waals surface area contributed by atoms with Crippen LogP contribution in [0.4, 0.5) is 4.79 Å². The van der Waals surface area contributed by atoms with Gasteiger partial charge in [-0.15, -0.1) is 0 Å². The summed E-state index contributed by atoms with van der Waals surface area (Å²) in [5.41, 5.74) is 1.81. The predicted octanol–water partition coefficient (Wildman–Crippen LogP) is 2.03. The Morgan fingerprint density at radius 1 is 1.26 bits per heavy atom. The summed E-state index contributed by atoms with van der Waals surface area (Å²) in [6, 6.07) is 8.00. The molecule has 2 aromatic rings. The third-order valence-corrected chi connectivity index (χ3v) is 4.80. The number of rotatable bonds is 4. The number of nitrogens with zero attached hydrogens (tertiary/aromatic N) is 3. The lowest BCUT2D eigenvalue weighted by atomic mass is 9.98. The minimum absolute atomic E-state index is 0.0671. The van der Waals surface area contributed by atoms with E-state index in [-0.39, 0.29) is 6.03 Å². The molecule has 2 fully saturated rings. The third-order valence-electron chi connectivity index (χ3n) is 4.80. The highest BCUT2D eigenvalue weighted by Gasteiger charge is 2.26. The first-order valence-electron chi connectivity index (χ1n) is 8.40. The Morgan fingerprint density at radius 2 is 2.17 bits per heavy atom. The van der Waals surface area contributed by atoms with Gasteiger partial charge in [-0.1, -0.05) is 12.1 Å². The van der Waals surface area contributed by atoms with Gasteiger partial charge in [-0.25, -0.2) is 9.78 Å². The lowest BCUT2D eigenvalue weighted by Crippen LogP contribution is -2.41. The largest absolute Gasteiger partial charge is 0.440 e. The summed E-state index contributed by atoms with van der Waals surface area (Å²) < 4.78 is 5.94. The summed E-state index contributed by atoms with van der Waals surface area (Å²) in [5.74, 6) is 1.21. The number of piperidine rings is 1. The van der Waals surface area contributed by atoms with E-state index in [1.54, 1.807) is 0 Å². The van der Waals surface area contributed by atoms with Crippen LogP contribution in [0.25, 0.3) is 11.1 Å². The maximum absolute atomic E-state index is 11.6.